The fraction of sp³-hybridized carbons (Fsp3) is 0.600. The van der Waals surface area contributed by atoms with E-state index in [4.69, 9.17) is 10.5 Å². The molecule has 1 rings (SSSR count). The first-order chi connectivity index (χ1) is 8.40. The number of hydrogen-bond donors (Lipinski definition) is 1. The average Bonchev–Trinajstić information content (AvgIpc) is 2.20. The van der Waals surface area contributed by atoms with Gasteiger partial charge in [-0.05, 0) is 58.0 Å². The highest BCUT2D eigenvalue weighted by Gasteiger charge is 2.08. The van der Waals surface area contributed by atoms with Crippen molar-refractivity contribution in [2.24, 2.45) is 5.73 Å². The van der Waals surface area contributed by atoms with Gasteiger partial charge in [0.2, 0.25) is 0 Å². The minimum Gasteiger partial charge on any atom is -0.492 e. The Hall–Kier alpha value is -1.06. The second-order valence-corrected chi connectivity index (χ2v) is 5.39. The molecule has 0 saturated heterocycles. The molecule has 0 aliphatic heterocycles. The van der Waals surface area contributed by atoms with Gasteiger partial charge in [0.25, 0.3) is 0 Å². The Bertz CT molecular complexity index is 363. The minimum absolute atomic E-state index is 0.198. The molecule has 0 fully saturated rings. The Labute approximate surface area is 111 Å². The molecule has 1 atom stereocenters. The van der Waals surface area contributed by atoms with Crippen molar-refractivity contribution in [3.63, 3.8) is 0 Å². The van der Waals surface area contributed by atoms with E-state index in [0.717, 1.165) is 25.3 Å². The van der Waals surface area contributed by atoms with Crippen molar-refractivity contribution in [1.82, 2.24) is 4.90 Å². The molecule has 18 heavy (non-hydrogen) atoms. The van der Waals surface area contributed by atoms with Crippen molar-refractivity contribution >= 4 is 0 Å². The van der Waals surface area contributed by atoms with E-state index in [-0.39, 0.29) is 6.04 Å². The van der Waals surface area contributed by atoms with Crippen LogP contribution in [0.5, 0.6) is 5.75 Å². The summed E-state index contributed by atoms with van der Waals surface area (Å²) in [5.41, 5.74) is 9.53. The molecule has 0 saturated carbocycles. The summed E-state index contributed by atoms with van der Waals surface area (Å²) in [6.07, 6.45) is 0.916. The fourth-order valence-electron chi connectivity index (χ4n) is 2.09. The first kappa shape index (κ1) is 15.0. The van der Waals surface area contributed by atoms with Gasteiger partial charge in [0.1, 0.15) is 12.4 Å². The molecule has 1 aromatic rings. The molecule has 2 N–H and O–H groups in total. The zero-order valence-corrected chi connectivity index (χ0v) is 12.3. The van der Waals surface area contributed by atoms with Gasteiger partial charge in [0.05, 0.1) is 0 Å². The number of likely N-dealkylation sites (N-methyl/N-ethyl adjacent to an activating group) is 1. The van der Waals surface area contributed by atoms with Crippen LogP contribution < -0.4 is 10.5 Å². The predicted octanol–water partition coefficient (Wildman–Crippen LogP) is 2.13. The van der Waals surface area contributed by atoms with Crippen LogP contribution in [0.3, 0.4) is 0 Å². The van der Waals surface area contributed by atoms with E-state index < -0.39 is 0 Å². The molecular formula is C15H26N2O. The maximum absolute atomic E-state index is 5.87. The van der Waals surface area contributed by atoms with Gasteiger partial charge in [-0.1, -0.05) is 12.1 Å². The van der Waals surface area contributed by atoms with Crippen LogP contribution in [-0.2, 0) is 6.42 Å². The van der Waals surface area contributed by atoms with Crippen LogP contribution in [0.15, 0.2) is 12.1 Å². The van der Waals surface area contributed by atoms with Crippen molar-refractivity contribution in [3.05, 3.63) is 28.8 Å². The third kappa shape index (κ3) is 4.67. The maximum atomic E-state index is 5.87. The van der Waals surface area contributed by atoms with Crippen molar-refractivity contribution in [2.45, 2.75) is 33.2 Å². The van der Waals surface area contributed by atoms with Crippen LogP contribution in [0.25, 0.3) is 0 Å². The highest BCUT2D eigenvalue weighted by atomic mass is 16.5. The fourth-order valence-corrected chi connectivity index (χ4v) is 2.09. The smallest absolute Gasteiger partial charge is 0.125 e. The van der Waals surface area contributed by atoms with Gasteiger partial charge in [-0.3, -0.25) is 0 Å². The molecule has 0 bridgehead atoms. The predicted molar refractivity (Wildman–Crippen MR) is 77.3 cm³/mol. The molecule has 1 aromatic carbocycles. The van der Waals surface area contributed by atoms with Crippen LogP contribution >= 0.6 is 0 Å². The first-order valence-electron chi connectivity index (χ1n) is 6.53. The SMILES string of the molecule is Cc1cc(CC(C)N)cc(C)c1OCCN(C)C. The van der Waals surface area contributed by atoms with Crippen molar-refractivity contribution in [2.75, 3.05) is 27.2 Å². The van der Waals surface area contributed by atoms with Crippen LogP contribution in [-0.4, -0.2) is 38.2 Å². The normalized spacial score (nSPS) is 12.8. The summed E-state index contributed by atoms with van der Waals surface area (Å²) in [5.74, 6) is 1.02. The number of benzene rings is 1. The van der Waals surface area contributed by atoms with E-state index in [1.54, 1.807) is 0 Å². The average molecular weight is 250 g/mol. The van der Waals surface area contributed by atoms with Gasteiger partial charge in [0, 0.05) is 12.6 Å². The number of nitrogens with two attached hydrogens (primary N) is 1. The summed E-state index contributed by atoms with van der Waals surface area (Å²) in [7, 11) is 4.10. The highest BCUT2D eigenvalue weighted by Crippen LogP contribution is 2.25. The zero-order valence-electron chi connectivity index (χ0n) is 12.3. The molecule has 0 aliphatic carbocycles. The lowest BCUT2D eigenvalue weighted by atomic mass is 10.0. The monoisotopic (exact) mass is 250 g/mol. The van der Waals surface area contributed by atoms with Crippen LogP contribution in [0.2, 0.25) is 0 Å². The molecule has 3 nitrogen and oxygen atoms in total. The van der Waals surface area contributed by atoms with E-state index in [1.807, 2.05) is 6.92 Å². The Morgan fingerprint density at radius 3 is 2.22 bits per heavy atom. The molecule has 0 radical (unpaired) electrons. The molecule has 0 aliphatic rings. The summed E-state index contributed by atoms with van der Waals surface area (Å²) < 4.78 is 5.87. The number of ether oxygens (including phenoxy) is 1. The largest absolute Gasteiger partial charge is 0.492 e. The molecule has 0 spiro atoms. The van der Waals surface area contributed by atoms with E-state index in [2.05, 4.69) is 45.0 Å². The Kier molecular flexibility index (Phi) is 5.63. The lowest BCUT2D eigenvalue weighted by Gasteiger charge is -2.16. The van der Waals surface area contributed by atoms with Crippen LogP contribution in [0, 0.1) is 13.8 Å². The standard InChI is InChI=1S/C15H26N2O/c1-11-8-14(10-13(3)16)9-12(2)15(11)18-7-6-17(4)5/h8-9,13H,6-7,10,16H2,1-5H3. The molecular weight excluding hydrogens is 224 g/mol. The molecule has 0 amide bonds. The van der Waals surface area contributed by atoms with Crippen LogP contribution in [0.4, 0.5) is 0 Å². The second kappa shape index (κ2) is 6.76. The van der Waals surface area contributed by atoms with Crippen molar-refractivity contribution < 1.29 is 4.74 Å². The van der Waals surface area contributed by atoms with Gasteiger partial charge in [0.15, 0.2) is 0 Å². The third-order valence-corrected chi connectivity index (χ3v) is 2.86. The summed E-state index contributed by atoms with van der Waals surface area (Å²) in [5, 5.41) is 0. The summed E-state index contributed by atoms with van der Waals surface area (Å²) in [6.45, 7) is 7.89. The van der Waals surface area contributed by atoms with Crippen LogP contribution in [0.1, 0.15) is 23.6 Å². The van der Waals surface area contributed by atoms with Gasteiger partial charge in [-0.15, -0.1) is 0 Å². The highest BCUT2D eigenvalue weighted by molar-refractivity contribution is 5.43. The summed E-state index contributed by atoms with van der Waals surface area (Å²) >= 11 is 0. The third-order valence-electron chi connectivity index (χ3n) is 2.86. The number of hydrogen-bond acceptors (Lipinski definition) is 3. The Morgan fingerprint density at radius 2 is 1.78 bits per heavy atom. The first-order valence-corrected chi connectivity index (χ1v) is 6.53. The minimum atomic E-state index is 0.198. The topological polar surface area (TPSA) is 38.5 Å². The van der Waals surface area contributed by atoms with E-state index in [0.29, 0.717) is 0 Å². The van der Waals surface area contributed by atoms with Gasteiger partial charge >= 0.3 is 0 Å². The lowest BCUT2D eigenvalue weighted by Crippen LogP contribution is -2.20. The quantitative estimate of drug-likeness (QED) is 0.840. The Morgan fingerprint density at radius 1 is 1.22 bits per heavy atom. The maximum Gasteiger partial charge on any atom is 0.125 e. The molecule has 3 heteroatoms. The second-order valence-electron chi connectivity index (χ2n) is 5.39. The number of nitrogens with zero attached hydrogens (tertiary/aromatic N) is 1. The number of aryl methyl sites for hydroxylation is 2. The lowest BCUT2D eigenvalue weighted by molar-refractivity contribution is 0.259. The summed E-state index contributed by atoms with van der Waals surface area (Å²) in [4.78, 5) is 2.12. The van der Waals surface area contributed by atoms with E-state index >= 15 is 0 Å². The van der Waals surface area contributed by atoms with E-state index in [9.17, 15) is 0 Å². The van der Waals surface area contributed by atoms with Crippen molar-refractivity contribution in [1.29, 1.82) is 0 Å². The molecule has 0 heterocycles. The molecule has 0 aromatic heterocycles. The van der Waals surface area contributed by atoms with Gasteiger partial charge in [-0.2, -0.15) is 0 Å². The zero-order chi connectivity index (χ0) is 13.7. The molecule has 102 valence electrons. The van der Waals surface area contributed by atoms with E-state index in [1.165, 1.54) is 16.7 Å². The van der Waals surface area contributed by atoms with Gasteiger partial charge in [-0.25, -0.2) is 0 Å². The Balaban J connectivity index is 2.74. The molecule has 1 unspecified atom stereocenters. The van der Waals surface area contributed by atoms with Gasteiger partial charge < -0.3 is 15.4 Å². The summed E-state index contributed by atoms with van der Waals surface area (Å²) in [6, 6.07) is 4.56. The number of rotatable bonds is 6. The van der Waals surface area contributed by atoms with Crippen molar-refractivity contribution in [3.8, 4) is 5.75 Å².